The number of para-hydroxylation sites is 1. The molecule has 10 heteroatoms. The first kappa shape index (κ1) is 24.0. The lowest BCUT2D eigenvalue weighted by Crippen LogP contribution is -2.26. The number of anilines is 1. The second-order valence-electron chi connectivity index (χ2n) is 7.47. The van der Waals surface area contributed by atoms with E-state index in [1.54, 1.807) is 42.5 Å². The smallest absolute Gasteiger partial charge is 0.416 e. The van der Waals surface area contributed by atoms with Gasteiger partial charge >= 0.3 is 12.1 Å². The van der Waals surface area contributed by atoms with Gasteiger partial charge in [0.1, 0.15) is 0 Å². The van der Waals surface area contributed by atoms with Crippen molar-refractivity contribution in [2.45, 2.75) is 12.3 Å². The van der Waals surface area contributed by atoms with Crippen molar-refractivity contribution >= 4 is 40.1 Å². The molecule has 6 nitrogen and oxygen atoms in total. The zero-order valence-corrected chi connectivity index (χ0v) is 18.5. The number of carbonyl (C=O) groups is 2. The summed E-state index contributed by atoms with van der Waals surface area (Å²) >= 11 is 6.00. The van der Waals surface area contributed by atoms with E-state index < -0.39 is 35.3 Å². The molecule has 0 spiro atoms. The number of aromatic nitrogens is 1. The Morgan fingerprint density at radius 3 is 2.34 bits per heavy atom. The molecule has 0 bridgehead atoms. The Kier molecular flexibility index (Phi) is 6.61. The van der Waals surface area contributed by atoms with E-state index in [1.807, 2.05) is 0 Å². The van der Waals surface area contributed by atoms with Gasteiger partial charge in [0.05, 0.1) is 21.8 Å². The molecular formula is C25H16ClF3N2O4. The first-order valence-corrected chi connectivity index (χ1v) is 10.6. The van der Waals surface area contributed by atoms with Gasteiger partial charge in [0.15, 0.2) is 0 Å². The fourth-order valence-corrected chi connectivity index (χ4v) is 3.61. The molecule has 1 amide bonds. The Labute approximate surface area is 201 Å². The summed E-state index contributed by atoms with van der Waals surface area (Å²) in [6.45, 7) is 0. The second kappa shape index (κ2) is 9.63. The molecule has 1 aromatic heterocycles. The van der Waals surface area contributed by atoms with Crippen LogP contribution in [0.3, 0.4) is 0 Å². The van der Waals surface area contributed by atoms with E-state index in [0.29, 0.717) is 17.0 Å². The number of ether oxygens (including phenoxy) is 1. The minimum Gasteiger partial charge on any atom is -0.444 e. The van der Waals surface area contributed by atoms with Crippen molar-refractivity contribution in [2.24, 2.45) is 0 Å². The van der Waals surface area contributed by atoms with Gasteiger partial charge in [-0.2, -0.15) is 13.2 Å². The highest BCUT2D eigenvalue weighted by Crippen LogP contribution is 2.34. The van der Waals surface area contributed by atoms with E-state index in [2.05, 4.69) is 10.3 Å². The van der Waals surface area contributed by atoms with Gasteiger partial charge in [0.25, 0.3) is 5.91 Å². The number of carbonyl (C=O) groups excluding carboxylic acids is 2. The second-order valence-corrected chi connectivity index (χ2v) is 7.88. The molecule has 0 saturated carbocycles. The number of hydrogen-bond donors (Lipinski definition) is 2. The molecule has 178 valence electrons. The summed E-state index contributed by atoms with van der Waals surface area (Å²) in [6, 6.07) is 18.0. The third-order valence-electron chi connectivity index (χ3n) is 5.09. The number of halogens is 4. The van der Waals surface area contributed by atoms with Crippen molar-refractivity contribution in [1.29, 1.82) is 0 Å². The fourth-order valence-electron chi connectivity index (χ4n) is 3.44. The number of fused-ring (bicyclic) bond motifs is 1. The maximum atomic E-state index is 13.1. The Morgan fingerprint density at radius 2 is 1.63 bits per heavy atom. The Bertz CT molecular complexity index is 1470. The van der Waals surface area contributed by atoms with Crippen LogP contribution in [0.15, 0.2) is 83.7 Å². The summed E-state index contributed by atoms with van der Waals surface area (Å²) in [4.78, 5) is 40.8. The van der Waals surface area contributed by atoms with Crippen molar-refractivity contribution in [3.05, 3.63) is 111 Å². The molecule has 0 aliphatic carbocycles. The van der Waals surface area contributed by atoms with Gasteiger partial charge in [-0.05, 0) is 24.3 Å². The molecule has 1 unspecified atom stereocenters. The number of nitrogens with one attached hydrogen (secondary N) is 2. The first-order valence-electron chi connectivity index (χ1n) is 10.2. The van der Waals surface area contributed by atoms with Gasteiger partial charge in [0, 0.05) is 22.5 Å². The van der Waals surface area contributed by atoms with Crippen LogP contribution in [0.5, 0.6) is 0 Å². The average molecular weight is 501 g/mol. The molecule has 0 aliphatic rings. The normalized spacial score (nSPS) is 12.2. The van der Waals surface area contributed by atoms with Crippen LogP contribution in [0.2, 0.25) is 5.02 Å². The van der Waals surface area contributed by atoms with Gasteiger partial charge in [-0.1, -0.05) is 60.1 Å². The summed E-state index contributed by atoms with van der Waals surface area (Å²) in [5.41, 5.74) is -1.29. The first-order chi connectivity index (χ1) is 16.6. The molecule has 4 rings (SSSR count). The molecule has 3 aromatic carbocycles. The number of alkyl halides is 3. The van der Waals surface area contributed by atoms with E-state index in [4.69, 9.17) is 16.3 Å². The van der Waals surface area contributed by atoms with Crippen molar-refractivity contribution < 1.29 is 27.5 Å². The van der Waals surface area contributed by atoms with Crippen molar-refractivity contribution in [1.82, 2.24) is 4.98 Å². The van der Waals surface area contributed by atoms with Crippen LogP contribution in [-0.4, -0.2) is 16.9 Å². The number of amides is 1. The van der Waals surface area contributed by atoms with Gasteiger partial charge in [-0.3, -0.25) is 9.59 Å². The van der Waals surface area contributed by atoms with E-state index in [9.17, 15) is 27.6 Å². The standard InChI is InChI=1S/C25H16ClF3N2O4/c26-18-11-10-15(25(27,28)29)12-20(18)31-23(33)22(14-6-2-1-3-7-14)35-24(34)17-13-21(32)30-19-9-5-4-8-16(17)19/h1-13,22H,(H,30,32)(H,31,33). The topological polar surface area (TPSA) is 88.3 Å². The Balaban J connectivity index is 1.69. The number of hydrogen-bond acceptors (Lipinski definition) is 4. The van der Waals surface area contributed by atoms with Crippen molar-refractivity contribution in [2.75, 3.05) is 5.32 Å². The molecule has 2 N–H and O–H groups in total. The Morgan fingerprint density at radius 1 is 0.943 bits per heavy atom. The number of rotatable bonds is 5. The molecule has 0 fully saturated rings. The van der Waals surface area contributed by atoms with Crippen LogP contribution in [0.25, 0.3) is 10.9 Å². The number of esters is 1. The molecule has 1 atom stereocenters. The van der Waals surface area contributed by atoms with Crippen LogP contribution in [0.1, 0.15) is 27.6 Å². The number of benzene rings is 3. The SMILES string of the molecule is O=C(OC(C(=O)Nc1cc(C(F)(F)F)ccc1Cl)c1ccccc1)c1cc(=O)[nH]c2ccccc12. The summed E-state index contributed by atoms with van der Waals surface area (Å²) in [6.07, 6.45) is -6.20. The van der Waals surface area contributed by atoms with E-state index in [0.717, 1.165) is 18.2 Å². The fraction of sp³-hybridized carbons (Fsp3) is 0.0800. The molecule has 0 aliphatic heterocycles. The maximum Gasteiger partial charge on any atom is 0.416 e. The lowest BCUT2D eigenvalue weighted by molar-refractivity contribution is -0.137. The molecule has 1 heterocycles. The summed E-state index contributed by atoms with van der Waals surface area (Å²) < 4.78 is 44.9. The molecular weight excluding hydrogens is 485 g/mol. The third kappa shape index (κ3) is 5.36. The monoisotopic (exact) mass is 500 g/mol. The zero-order chi connectivity index (χ0) is 25.2. The molecule has 0 radical (unpaired) electrons. The zero-order valence-electron chi connectivity index (χ0n) is 17.7. The summed E-state index contributed by atoms with van der Waals surface area (Å²) in [5, 5.41) is 2.57. The quantitative estimate of drug-likeness (QED) is 0.342. The van der Waals surface area contributed by atoms with E-state index in [-0.39, 0.29) is 21.8 Å². The largest absolute Gasteiger partial charge is 0.444 e. The van der Waals surface area contributed by atoms with Crippen LogP contribution >= 0.6 is 11.6 Å². The molecule has 4 aromatic rings. The molecule has 0 saturated heterocycles. The van der Waals surface area contributed by atoms with E-state index in [1.165, 1.54) is 12.1 Å². The van der Waals surface area contributed by atoms with Gasteiger partial charge in [0.2, 0.25) is 11.7 Å². The highest BCUT2D eigenvalue weighted by molar-refractivity contribution is 6.33. The lowest BCUT2D eigenvalue weighted by atomic mass is 10.1. The van der Waals surface area contributed by atoms with Crippen LogP contribution < -0.4 is 10.9 Å². The lowest BCUT2D eigenvalue weighted by Gasteiger charge is -2.19. The minimum atomic E-state index is -4.66. The molecule has 35 heavy (non-hydrogen) atoms. The van der Waals surface area contributed by atoms with Gasteiger partial charge in [-0.25, -0.2) is 4.79 Å². The van der Waals surface area contributed by atoms with Gasteiger partial charge in [-0.15, -0.1) is 0 Å². The third-order valence-corrected chi connectivity index (χ3v) is 5.42. The van der Waals surface area contributed by atoms with Crippen LogP contribution in [-0.2, 0) is 15.7 Å². The Hall–Kier alpha value is -4.11. The summed E-state index contributed by atoms with van der Waals surface area (Å²) in [5.74, 6) is -1.90. The van der Waals surface area contributed by atoms with E-state index >= 15 is 0 Å². The number of pyridine rings is 1. The maximum absolute atomic E-state index is 13.1. The van der Waals surface area contributed by atoms with Crippen molar-refractivity contribution in [3.8, 4) is 0 Å². The highest BCUT2D eigenvalue weighted by Gasteiger charge is 2.32. The van der Waals surface area contributed by atoms with Crippen molar-refractivity contribution in [3.63, 3.8) is 0 Å². The van der Waals surface area contributed by atoms with Gasteiger partial charge < -0.3 is 15.0 Å². The average Bonchev–Trinajstić information content (AvgIpc) is 2.83. The predicted octanol–water partition coefficient (Wildman–Crippen LogP) is 5.74. The highest BCUT2D eigenvalue weighted by atomic mass is 35.5. The predicted molar refractivity (Wildman–Crippen MR) is 124 cm³/mol. The number of aromatic amines is 1. The van der Waals surface area contributed by atoms with Crippen LogP contribution in [0, 0.1) is 0 Å². The minimum absolute atomic E-state index is 0.0739. The number of H-pyrrole nitrogens is 1. The van der Waals surface area contributed by atoms with Crippen LogP contribution in [0.4, 0.5) is 18.9 Å². The summed E-state index contributed by atoms with van der Waals surface area (Å²) in [7, 11) is 0.